The second-order valence-electron chi connectivity index (χ2n) is 7.31. The molecule has 0 aromatic heterocycles. The van der Waals surface area contributed by atoms with E-state index in [9.17, 15) is 13.2 Å². The molecule has 9 heteroatoms. The van der Waals surface area contributed by atoms with E-state index in [2.05, 4.69) is 5.32 Å². The van der Waals surface area contributed by atoms with E-state index in [4.69, 9.17) is 14.2 Å². The number of nitrogens with one attached hydrogen (secondary N) is 1. The lowest BCUT2D eigenvalue weighted by atomic mass is 10.2. The van der Waals surface area contributed by atoms with Crippen LogP contribution < -0.4 is 19.5 Å². The van der Waals surface area contributed by atoms with Crippen LogP contribution in [0.1, 0.15) is 12.5 Å². The number of sulfonamides is 1. The summed E-state index contributed by atoms with van der Waals surface area (Å²) >= 11 is 0. The summed E-state index contributed by atoms with van der Waals surface area (Å²) in [6.07, 6.45) is 0. The predicted molar refractivity (Wildman–Crippen MR) is 130 cm³/mol. The van der Waals surface area contributed by atoms with Crippen LogP contribution in [0.3, 0.4) is 0 Å². The molecular weight excluding hydrogens is 456 g/mol. The van der Waals surface area contributed by atoms with E-state index in [1.165, 1.54) is 26.4 Å². The topological polar surface area (TPSA) is 94.2 Å². The van der Waals surface area contributed by atoms with Gasteiger partial charge in [0.2, 0.25) is 15.9 Å². The summed E-state index contributed by atoms with van der Waals surface area (Å²) in [7, 11) is -0.966. The Bertz CT molecular complexity index is 1180. The molecule has 0 spiro atoms. The van der Waals surface area contributed by atoms with E-state index in [-0.39, 0.29) is 18.0 Å². The van der Waals surface area contributed by atoms with Gasteiger partial charge in [-0.2, -0.15) is 4.31 Å². The Kier molecular flexibility index (Phi) is 8.50. The Morgan fingerprint density at radius 3 is 2.06 bits per heavy atom. The number of amides is 1. The number of carbonyl (C=O) groups excluding carboxylic acids is 1. The molecule has 3 aromatic rings. The second-order valence-corrected chi connectivity index (χ2v) is 9.25. The van der Waals surface area contributed by atoms with E-state index in [1.54, 1.807) is 30.3 Å². The molecule has 0 saturated heterocycles. The first-order chi connectivity index (χ1) is 16.3. The first kappa shape index (κ1) is 25.1. The molecule has 1 N–H and O–H groups in total. The summed E-state index contributed by atoms with van der Waals surface area (Å²) in [5.74, 6) is 1.07. The normalized spacial score (nSPS) is 11.2. The zero-order valence-corrected chi connectivity index (χ0v) is 20.2. The smallest absolute Gasteiger partial charge is 0.243 e. The highest BCUT2D eigenvalue weighted by atomic mass is 32.2. The number of carbonyl (C=O) groups is 1. The molecule has 34 heavy (non-hydrogen) atoms. The van der Waals surface area contributed by atoms with Crippen LogP contribution >= 0.6 is 0 Å². The molecule has 0 saturated carbocycles. The van der Waals surface area contributed by atoms with Crippen LogP contribution in [0, 0.1) is 0 Å². The summed E-state index contributed by atoms with van der Waals surface area (Å²) in [4.78, 5) is 13.0. The van der Waals surface area contributed by atoms with Crippen LogP contribution in [-0.2, 0) is 21.4 Å². The van der Waals surface area contributed by atoms with Gasteiger partial charge in [-0.3, -0.25) is 4.79 Å². The molecule has 0 radical (unpaired) electrons. The van der Waals surface area contributed by atoms with Gasteiger partial charge >= 0.3 is 0 Å². The zero-order valence-electron chi connectivity index (χ0n) is 19.4. The van der Waals surface area contributed by atoms with Crippen LogP contribution in [0.5, 0.6) is 17.2 Å². The highest BCUT2D eigenvalue weighted by molar-refractivity contribution is 7.89. The minimum absolute atomic E-state index is 0.0330. The molecular formula is C25H28N2O6S. The summed E-state index contributed by atoms with van der Waals surface area (Å²) < 4.78 is 43.9. The van der Waals surface area contributed by atoms with E-state index in [1.807, 2.05) is 37.3 Å². The van der Waals surface area contributed by atoms with E-state index in [0.29, 0.717) is 29.5 Å². The van der Waals surface area contributed by atoms with Gasteiger partial charge in [0.25, 0.3) is 0 Å². The molecule has 0 atom stereocenters. The average Bonchev–Trinajstić information content (AvgIpc) is 2.84. The van der Waals surface area contributed by atoms with E-state index >= 15 is 0 Å². The lowest BCUT2D eigenvalue weighted by Gasteiger charge is -2.22. The molecule has 0 aliphatic rings. The van der Waals surface area contributed by atoms with Crippen LogP contribution in [0.15, 0.2) is 77.7 Å². The van der Waals surface area contributed by atoms with Gasteiger partial charge in [0.15, 0.2) is 0 Å². The largest absolute Gasteiger partial charge is 0.497 e. The van der Waals surface area contributed by atoms with Crippen LogP contribution in [0.25, 0.3) is 0 Å². The number of ether oxygens (including phenoxy) is 3. The Hall–Kier alpha value is -3.56. The second kappa shape index (κ2) is 11.5. The van der Waals surface area contributed by atoms with E-state index < -0.39 is 15.9 Å². The fraction of sp³-hybridized carbons (Fsp3) is 0.240. The summed E-state index contributed by atoms with van der Waals surface area (Å²) in [6, 6.07) is 20.2. The van der Waals surface area contributed by atoms with Gasteiger partial charge in [0.1, 0.15) is 17.2 Å². The van der Waals surface area contributed by atoms with Gasteiger partial charge in [0.05, 0.1) is 32.3 Å². The third-order valence-corrected chi connectivity index (χ3v) is 6.74. The van der Waals surface area contributed by atoms with Crippen molar-refractivity contribution in [1.29, 1.82) is 0 Å². The number of methoxy groups -OCH3 is 2. The fourth-order valence-electron chi connectivity index (χ4n) is 3.28. The maximum atomic E-state index is 13.5. The van der Waals surface area contributed by atoms with E-state index in [0.717, 1.165) is 9.87 Å². The molecule has 0 aliphatic heterocycles. The van der Waals surface area contributed by atoms with Gasteiger partial charge in [-0.05, 0) is 36.8 Å². The highest BCUT2D eigenvalue weighted by Crippen LogP contribution is 2.26. The van der Waals surface area contributed by atoms with Gasteiger partial charge in [-0.15, -0.1) is 0 Å². The van der Waals surface area contributed by atoms with Crippen molar-refractivity contribution in [2.45, 2.75) is 18.4 Å². The van der Waals surface area contributed by atoms with Crippen molar-refractivity contribution in [2.24, 2.45) is 0 Å². The Labute approximate surface area is 200 Å². The maximum absolute atomic E-state index is 13.5. The Balaban J connectivity index is 1.86. The van der Waals surface area contributed by atoms with Crippen LogP contribution in [0.4, 0.5) is 5.69 Å². The van der Waals surface area contributed by atoms with Crippen molar-refractivity contribution < 1.29 is 27.4 Å². The first-order valence-corrected chi connectivity index (χ1v) is 12.1. The molecule has 1 amide bonds. The van der Waals surface area contributed by atoms with Crippen LogP contribution in [0.2, 0.25) is 0 Å². The average molecular weight is 485 g/mol. The number of nitrogens with zero attached hydrogens (tertiary/aromatic N) is 1. The molecule has 0 bridgehead atoms. The van der Waals surface area contributed by atoms with Crippen LogP contribution in [-0.4, -0.2) is 46.0 Å². The molecule has 8 nitrogen and oxygen atoms in total. The monoisotopic (exact) mass is 484 g/mol. The maximum Gasteiger partial charge on any atom is 0.243 e. The molecule has 0 heterocycles. The SMILES string of the molecule is CCOc1ccc(S(=O)(=O)N(CC(=O)Nc2cc(OC)cc(OC)c2)Cc2ccccc2)cc1. The quantitative estimate of drug-likeness (QED) is 0.443. The van der Waals surface area contributed by atoms with Gasteiger partial charge in [-0.25, -0.2) is 8.42 Å². The molecule has 3 aromatic carbocycles. The van der Waals surface area contributed by atoms with Gasteiger partial charge < -0.3 is 19.5 Å². The fourth-order valence-corrected chi connectivity index (χ4v) is 4.66. The molecule has 0 fully saturated rings. The van der Waals surface area contributed by atoms with Crippen molar-refractivity contribution in [3.8, 4) is 17.2 Å². The third-order valence-electron chi connectivity index (χ3n) is 4.93. The van der Waals surface area contributed by atoms with Gasteiger partial charge in [-0.1, -0.05) is 30.3 Å². The number of anilines is 1. The van der Waals surface area contributed by atoms with Crippen molar-refractivity contribution in [3.63, 3.8) is 0 Å². The van der Waals surface area contributed by atoms with Crippen molar-refractivity contribution in [1.82, 2.24) is 4.31 Å². The Morgan fingerprint density at radius 1 is 0.882 bits per heavy atom. The van der Waals surface area contributed by atoms with Crippen molar-refractivity contribution in [3.05, 3.63) is 78.4 Å². The third kappa shape index (κ3) is 6.49. The minimum atomic E-state index is -3.98. The molecule has 0 unspecified atom stereocenters. The van der Waals surface area contributed by atoms with Crippen molar-refractivity contribution in [2.75, 3.05) is 32.7 Å². The number of hydrogen-bond acceptors (Lipinski definition) is 6. The lowest BCUT2D eigenvalue weighted by molar-refractivity contribution is -0.116. The van der Waals surface area contributed by atoms with Gasteiger partial charge in [0, 0.05) is 30.4 Å². The minimum Gasteiger partial charge on any atom is -0.497 e. The van der Waals surface area contributed by atoms with Crippen molar-refractivity contribution >= 4 is 21.6 Å². The summed E-state index contributed by atoms with van der Waals surface area (Å²) in [6.45, 7) is 1.97. The standard InChI is InChI=1S/C25H28N2O6S/c1-4-33-21-10-12-24(13-11-21)34(29,30)27(17-19-8-6-5-7-9-19)18-25(28)26-20-14-22(31-2)16-23(15-20)32-3/h5-16H,4,17-18H2,1-3H3,(H,26,28). The number of hydrogen-bond donors (Lipinski definition) is 1. The zero-order chi connectivity index (χ0) is 24.6. The lowest BCUT2D eigenvalue weighted by Crippen LogP contribution is -2.37. The number of benzene rings is 3. The molecule has 3 rings (SSSR count). The molecule has 0 aliphatic carbocycles. The highest BCUT2D eigenvalue weighted by Gasteiger charge is 2.27. The summed E-state index contributed by atoms with van der Waals surface area (Å²) in [5.41, 5.74) is 1.19. The first-order valence-electron chi connectivity index (χ1n) is 10.7. The Morgan fingerprint density at radius 2 is 1.50 bits per heavy atom. The number of rotatable bonds is 11. The predicted octanol–water partition coefficient (Wildman–Crippen LogP) is 3.93. The summed E-state index contributed by atoms with van der Waals surface area (Å²) in [5, 5.41) is 2.73. The molecule has 180 valence electrons.